The summed E-state index contributed by atoms with van der Waals surface area (Å²) >= 11 is 0. The molecule has 0 amide bonds. The smallest absolute Gasteiger partial charge is 0.242 e. The number of sulfonamides is 1. The number of rotatable bonds is 6. The highest BCUT2D eigenvalue weighted by Gasteiger charge is 2.16. The number of nitrogens with zero attached hydrogens (tertiary/aromatic N) is 1. The SMILES string of the molecule is CCNS(=O)(=O)c1ccccc1NCc1ccncc1C. The summed E-state index contributed by atoms with van der Waals surface area (Å²) in [6, 6.07) is 8.81. The van der Waals surface area contributed by atoms with Crippen LogP contribution in [0.4, 0.5) is 5.69 Å². The fourth-order valence-electron chi connectivity index (χ4n) is 2.01. The van der Waals surface area contributed by atoms with Gasteiger partial charge in [0.15, 0.2) is 0 Å². The van der Waals surface area contributed by atoms with Crippen LogP contribution in [0.1, 0.15) is 18.1 Å². The molecule has 1 aromatic heterocycles. The summed E-state index contributed by atoms with van der Waals surface area (Å²) in [4.78, 5) is 4.31. The second-order valence-electron chi connectivity index (χ2n) is 4.65. The van der Waals surface area contributed by atoms with E-state index in [-0.39, 0.29) is 4.90 Å². The highest BCUT2D eigenvalue weighted by atomic mass is 32.2. The molecular formula is C15H19N3O2S. The molecule has 0 saturated carbocycles. The number of hydrogen-bond donors (Lipinski definition) is 2. The standard InChI is InChI=1S/C15H19N3O2S/c1-3-18-21(19,20)15-7-5-4-6-14(15)17-11-13-8-9-16-10-12(13)2/h4-10,17-18H,3,11H2,1-2H3. The van der Waals surface area contributed by atoms with Gasteiger partial charge in [0.05, 0.1) is 5.69 Å². The average molecular weight is 305 g/mol. The number of nitrogens with one attached hydrogen (secondary N) is 2. The Labute approximate surface area is 125 Å². The Morgan fingerprint density at radius 1 is 1.19 bits per heavy atom. The van der Waals surface area contributed by atoms with Crippen LogP contribution in [0.25, 0.3) is 0 Å². The molecule has 1 aromatic carbocycles. The average Bonchev–Trinajstić information content (AvgIpc) is 2.47. The predicted molar refractivity (Wildman–Crippen MR) is 83.6 cm³/mol. The molecule has 0 aliphatic carbocycles. The second kappa shape index (κ2) is 6.69. The molecule has 2 N–H and O–H groups in total. The Balaban J connectivity index is 2.24. The van der Waals surface area contributed by atoms with E-state index in [2.05, 4.69) is 15.0 Å². The van der Waals surface area contributed by atoms with Crippen molar-refractivity contribution >= 4 is 15.7 Å². The molecule has 0 atom stereocenters. The zero-order valence-electron chi connectivity index (χ0n) is 12.1. The minimum absolute atomic E-state index is 0.263. The molecule has 0 aliphatic heterocycles. The zero-order valence-corrected chi connectivity index (χ0v) is 12.9. The van der Waals surface area contributed by atoms with Crippen LogP contribution in [-0.2, 0) is 16.6 Å². The maximum atomic E-state index is 12.2. The Morgan fingerprint density at radius 3 is 2.67 bits per heavy atom. The highest BCUT2D eigenvalue weighted by molar-refractivity contribution is 7.89. The van der Waals surface area contributed by atoms with Gasteiger partial charge < -0.3 is 5.32 Å². The van der Waals surface area contributed by atoms with E-state index in [1.54, 1.807) is 37.5 Å². The molecule has 112 valence electrons. The Bertz CT molecular complexity index is 714. The molecule has 1 heterocycles. The number of anilines is 1. The van der Waals surface area contributed by atoms with Crippen molar-refractivity contribution in [2.24, 2.45) is 0 Å². The van der Waals surface area contributed by atoms with E-state index in [4.69, 9.17) is 0 Å². The summed E-state index contributed by atoms with van der Waals surface area (Å²) in [6.07, 6.45) is 3.52. The van der Waals surface area contributed by atoms with Gasteiger partial charge in [-0.1, -0.05) is 19.1 Å². The normalized spacial score (nSPS) is 11.3. The van der Waals surface area contributed by atoms with Crippen LogP contribution in [0.3, 0.4) is 0 Å². The van der Waals surface area contributed by atoms with Crippen molar-refractivity contribution in [2.75, 3.05) is 11.9 Å². The van der Waals surface area contributed by atoms with Crippen LogP contribution < -0.4 is 10.0 Å². The second-order valence-corrected chi connectivity index (χ2v) is 6.39. The maximum Gasteiger partial charge on any atom is 0.242 e. The largest absolute Gasteiger partial charge is 0.380 e. The number of aromatic nitrogens is 1. The lowest BCUT2D eigenvalue weighted by molar-refractivity contribution is 0.584. The van der Waals surface area contributed by atoms with Crippen molar-refractivity contribution in [1.29, 1.82) is 0 Å². The van der Waals surface area contributed by atoms with Gasteiger partial charge in [-0.25, -0.2) is 13.1 Å². The minimum Gasteiger partial charge on any atom is -0.380 e. The van der Waals surface area contributed by atoms with Gasteiger partial charge in [-0.3, -0.25) is 4.98 Å². The third-order valence-electron chi connectivity index (χ3n) is 3.12. The van der Waals surface area contributed by atoms with E-state index in [1.165, 1.54) is 0 Å². The Kier molecular flexibility index (Phi) is 4.93. The molecule has 2 rings (SSSR count). The summed E-state index contributed by atoms with van der Waals surface area (Å²) in [7, 11) is -3.48. The van der Waals surface area contributed by atoms with Gasteiger partial charge in [0.1, 0.15) is 4.90 Å². The summed E-state index contributed by atoms with van der Waals surface area (Å²) in [5, 5.41) is 3.19. The quantitative estimate of drug-likeness (QED) is 0.859. The van der Waals surface area contributed by atoms with E-state index in [0.29, 0.717) is 18.8 Å². The van der Waals surface area contributed by atoms with Gasteiger partial charge in [-0.2, -0.15) is 0 Å². The van der Waals surface area contributed by atoms with E-state index < -0.39 is 10.0 Å². The molecule has 0 fully saturated rings. The first-order valence-corrected chi connectivity index (χ1v) is 8.25. The van der Waals surface area contributed by atoms with Crippen molar-refractivity contribution in [3.63, 3.8) is 0 Å². The van der Waals surface area contributed by atoms with E-state index >= 15 is 0 Å². The monoisotopic (exact) mass is 305 g/mol. The Hall–Kier alpha value is -1.92. The molecule has 0 spiro atoms. The topological polar surface area (TPSA) is 71.1 Å². The van der Waals surface area contributed by atoms with Gasteiger partial charge in [0.25, 0.3) is 0 Å². The van der Waals surface area contributed by atoms with Crippen LogP contribution in [0.5, 0.6) is 0 Å². The van der Waals surface area contributed by atoms with Crippen molar-refractivity contribution in [3.8, 4) is 0 Å². The summed E-state index contributed by atoms with van der Waals surface area (Å²) in [6.45, 7) is 4.65. The molecule has 6 heteroatoms. The van der Waals surface area contributed by atoms with Gasteiger partial charge in [-0.15, -0.1) is 0 Å². The highest BCUT2D eigenvalue weighted by Crippen LogP contribution is 2.21. The van der Waals surface area contributed by atoms with Crippen molar-refractivity contribution in [3.05, 3.63) is 53.9 Å². The van der Waals surface area contributed by atoms with Crippen LogP contribution in [0, 0.1) is 6.92 Å². The van der Waals surface area contributed by atoms with E-state index in [0.717, 1.165) is 11.1 Å². The number of hydrogen-bond acceptors (Lipinski definition) is 4. The van der Waals surface area contributed by atoms with Gasteiger partial charge in [0.2, 0.25) is 10.0 Å². The summed E-state index contributed by atoms with van der Waals surface area (Å²) in [5.74, 6) is 0. The van der Waals surface area contributed by atoms with Gasteiger partial charge in [-0.05, 0) is 36.2 Å². The van der Waals surface area contributed by atoms with Crippen molar-refractivity contribution in [2.45, 2.75) is 25.3 Å². The lowest BCUT2D eigenvalue weighted by Crippen LogP contribution is -2.24. The molecule has 21 heavy (non-hydrogen) atoms. The third kappa shape index (κ3) is 3.80. The molecule has 5 nitrogen and oxygen atoms in total. The van der Waals surface area contributed by atoms with Gasteiger partial charge in [0, 0.05) is 25.5 Å². The molecule has 0 saturated heterocycles. The lowest BCUT2D eigenvalue weighted by atomic mass is 10.1. The fourth-order valence-corrected chi connectivity index (χ4v) is 3.23. The molecular weight excluding hydrogens is 286 g/mol. The first kappa shape index (κ1) is 15.5. The van der Waals surface area contributed by atoms with Crippen molar-refractivity contribution < 1.29 is 8.42 Å². The van der Waals surface area contributed by atoms with Crippen LogP contribution in [0.15, 0.2) is 47.6 Å². The predicted octanol–water partition coefficient (Wildman–Crippen LogP) is 2.30. The molecule has 0 bridgehead atoms. The lowest BCUT2D eigenvalue weighted by Gasteiger charge is -2.13. The van der Waals surface area contributed by atoms with Crippen LogP contribution in [0.2, 0.25) is 0 Å². The number of benzene rings is 1. The third-order valence-corrected chi connectivity index (χ3v) is 4.72. The molecule has 2 aromatic rings. The first-order chi connectivity index (χ1) is 10.0. The van der Waals surface area contributed by atoms with Crippen molar-refractivity contribution in [1.82, 2.24) is 9.71 Å². The Morgan fingerprint density at radius 2 is 1.95 bits per heavy atom. The molecule has 0 unspecified atom stereocenters. The number of pyridine rings is 1. The first-order valence-electron chi connectivity index (χ1n) is 6.76. The van der Waals surface area contributed by atoms with Crippen LogP contribution >= 0.6 is 0 Å². The summed E-state index contributed by atoms with van der Waals surface area (Å²) < 4.78 is 26.9. The zero-order chi connectivity index (χ0) is 15.3. The number of aryl methyl sites for hydroxylation is 1. The molecule has 0 aliphatic rings. The van der Waals surface area contributed by atoms with Gasteiger partial charge >= 0.3 is 0 Å². The molecule has 0 radical (unpaired) electrons. The van der Waals surface area contributed by atoms with E-state index in [1.807, 2.05) is 19.1 Å². The number of para-hydroxylation sites is 1. The fraction of sp³-hybridized carbons (Fsp3) is 0.267. The van der Waals surface area contributed by atoms with Crippen LogP contribution in [-0.4, -0.2) is 19.9 Å². The minimum atomic E-state index is -3.48. The summed E-state index contributed by atoms with van der Waals surface area (Å²) in [5.41, 5.74) is 2.74. The maximum absolute atomic E-state index is 12.2. The van der Waals surface area contributed by atoms with E-state index in [9.17, 15) is 8.42 Å².